The third-order valence-corrected chi connectivity index (χ3v) is 7.29. The number of nitrogens with zero attached hydrogens (tertiary/aromatic N) is 1. The number of aromatic nitrogens is 2. The van der Waals surface area contributed by atoms with Crippen LogP contribution in [0.25, 0.3) is 21.8 Å². The minimum absolute atomic E-state index is 0.138. The second-order valence-electron chi connectivity index (χ2n) is 10.2. The van der Waals surface area contributed by atoms with Crippen molar-refractivity contribution in [3.63, 3.8) is 0 Å². The van der Waals surface area contributed by atoms with Crippen LogP contribution in [-0.4, -0.2) is 64.4 Å². The number of fused-ring (bicyclic) bond motifs is 2. The zero-order valence-corrected chi connectivity index (χ0v) is 22.5. The van der Waals surface area contributed by atoms with E-state index in [1.807, 2.05) is 60.9 Å². The Balaban J connectivity index is 1.66. The highest BCUT2D eigenvalue weighted by atomic mass is 16.2. The Morgan fingerprint density at radius 2 is 1.42 bits per heavy atom. The number of hydrogen-bond donors (Lipinski definition) is 5. The molecule has 200 valence electrons. The molecule has 0 saturated heterocycles. The van der Waals surface area contributed by atoms with E-state index in [0.29, 0.717) is 12.8 Å². The van der Waals surface area contributed by atoms with E-state index in [4.69, 9.17) is 0 Å². The third-order valence-electron chi connectivity index (χ3n) is 7.29. The molecule has 0 saturated carbocycles. The number of benzene rings is 2. The van der Waals surface area contributed by atoms with Gasteiger partial charge >= 0.3 is 0 Å². The fourth-order valence-electron chi connectivity index (χ4n) is 4.48. The number of hydrogen-bond acceptors (Lipinski definition) is 5. The largest absolute Gasteiger partial charge is 0.361 e. The number of para-hydroxylation sites is 2. The molecule has 9 nitrogen and oxygen atoms in total. The highest BCUT2D eigenvalue weighted by Crippen LogP contribution is 2.22. The lowest BCUT2D eigenvalue weighted by atomic mass is 10.0. The fourth-order valence-corrected chi connectivity index (χ4v) is 4.48. The standard InChI is InChI=1S/C29H36N6O3/c1-18(36)35(5)26(15-20-17-32-24-13-9-7-11-22(20)24)33-25(27(37)34-28(38)29(2,3)30-4)14-19-16-31-23-12-8-6-10-21(19)23/h6-13,16-17,25-26,30-33H,14-15H2,1-5H3,(H,34,37,38)/t25-,26-/m1/s1. The summed E-state index contributed by atoms with van der Waals surface area (Å²) in [5, 5.41) is 11.0. The van der Waals surface area contributed by atoms with Crippen molar-refractivity contribution in [3.05, 3.63) is 72.1 Å². The Morgan fingerprint density at radius 3 is 1.95 bits per heavy atom. The second-order valence-corrected chi connectivity index (χ2v) is 10.2. The van der Waals surface area contributed by atoms with E-state index in [9.17, 15) is 14.4 Å². The molecule has 4 aromatic rings. The Labute approximate surface area is 222 Å². The van der Waals surface area contributed by atoms with Crippen molar-refractivity contribution in [1.82, 2.24) is 30.8 Å². The first-order valence-corrected chi connectivity index (χ1v) is 12.7. The molecule has 2 heterocycles. The zero-order chi connectivity index (χ0) is 27.4. The molecule has 2 aromatic carbocycles. The van der Waals surface area contributed by atoms with Crippen LogP contribution >= 0.6 is 0 Å². The molecule has 0 aliphatic rings. The average Bonchev–Trinajstić information content (AvgIpc) is 3.51. The number of imide groups is 1. The molecule has 0 bridgehead atoms. The number of carbonyl (C=O) groups excluding carboxylic acids is 3. The molecule has 0 unspecified atom stereocenters. The molecular weight excluding hydrogens is 480 g/mol. The van der Waals surface area contributed by atoms with E-state index < -0.39 is 29.6 Å². The second kappa shape index (κ2) is 11.2. The lowest BCUT2D eigenvalue weighted by Gasteiger charge is -2.32. The van der Waals surface area contributed by atoms with Gasteiger partial charge in [-0.1, -0.05) is 36.4 Å². The Kier molecular flexibility index (Phi) is 7.99. The Bertz CT molecular complexity index is 1450. The Hall–Kier alpha value is -3.95. The molecule has 4 rings (SSSR count). The van der Waals surface area contributed by atoms with Crippen molar-refractivity contribution < 1.29 is 14.4 Å². The number of carbonyl (C=O) groups is 3. The van der Waals surface area contributed by atoms with Crippen molar-refractivity contribution in [1.29, 1.82) is 0 Å². The monoisotopic (exact) mass is 516 g/mol. The first-order chi connectivity index (χ1) is 18.1. The summed E-state index contributed by atoms with van der Waals surface area (Å²) >= 11 is 0. The van der Waals surface area contributed by atoms with Gasteiger partial charge in [-0.2, -0.15) is 0 Å². The normalized spacial score (nSPS) is 13.4. The zero-order valence-electron chi connectivity index (χ0n) is 22.5. The van der Waals surface area contributed by atoms with Gasteiger partial charge in [-0.3, -0.25) is 25.0 Å². The van der Waals surface area contributed by atoms with Gasteiger partial charge in [0.05, 0.1) is 17.7 Å². The van der Waals surface area contributed by atoms with Crippen LogP contribution in [0.4, 0.5) is 0 Å². The third kappa shape index (κ3) is 5.79. The number of nitrogens with one attached hydrogen (secondary N) is 5. The molecule has 2 atom stereocenters. The minimum Gasteiger partial charge on any atom is -0.361 e. The summed E-state index contributed by atoms with van der Waals surface area (Å²) < 4.78 is 0. The summed E-state index contributed by atoms with van der Waals surface area (Å²) in [6, 6.07) is 15.0. The minimum atomic E-state index is -0.930. The van der Waals surface area contributed by atoms with Crippen molar-refractivity contribution in [2.75, 3.05) is 14.1 Å². The van der Waals surface area contributed by atoms with E-state index in [1.54, 1.807) is 32.8 Å². The maximum Gasteiger partial charge on any atom is 0.246 e. The van der Waals surface area contributed by atoms with Gasteiger partial charge in [-0.05, 0) is 50.6 Å². The smallest absolute Gasteiger partial charge is 0.246 e. The fraction of sp³-hybridized carbons (Fsp3) is 0.345. The van der Waals surface area contributed by atoms with Crippen LogP contribution in [-0.2, 0) is 27.2 Å². The maximum absolute atomic E-state index is 13.6. The number of H-pyrrole nitrogens is 2. The summed E-state index contributed by atoms with van der Waals surface area (Å²) in [5.41, 5.74) is 2.99. The van der Waals surface area contributed by atoms with E-state index in [-0.39, 0.29) is 5.91 Å². The Morgan fingerprint density at radius 1 is 0.895 bits per heavy atom. The lowest BCUT2D eigenvalue weighted by Crippen LogP contribution is -2.60. The summed E-state index contributed by atoms with van der Waals surface area (Å²) in [5.74, 6) is -1.02. The molecule has 0 aliphatic carbocycles. The molecule has 0 aliphatic heterocycles. The predicted octanol–water partition coefficient (Wildman–Crippen LogP) is 2.84. The highest BCUT2D eigenvalue weighted by Gasteiger charge is 2.32. The first-order valence-electron chi connectivity index (χ1n) is 12.7. The number of rotatable bonds is 10. The number of amides is 3. The van der Waals surface area contributed by atoms with Crippen LogP contribution in [0.1, 0.15) is 31.9 Å². The van der Waals surface area contributed by atoms with Gasteiger partial charge in [0, 0.05) is 54.6 Å². The SMILES string of the molecule is CNC(C)(C)C(=O)NC(=O)[C@@H](Cc1c[nH]c2ccccc12)N[C@@H](Cc1c[nH]c2ccccc12)N(C)C(C)=O. The van der Waals surface area contributed by atoms with Crippen LogP contribution in [0.3, 0.4) is 0 Å². The van der Waals surface area contributed by atoms with Gasteiger partial charge in [-0.25, -0.2) is 0 Å². The summed E-state index contributed by atoms with van der Waals surface area (Å²) in [6.45, 7) is 4.92. The van der Waals surface area contributed by atoms with Gasteiger partial charge in [0.1, 0.15) is 0 Å². The molecule has 0 spiro atoms. The van der Waals surface area contributed by atoms with Crippen LogP contribution in [0.15, 0.2) is 60.9 Å². The molecule has 5 N–H and O–H groups in total. The topological polar surface area (TPSA) is 122 Å². The van der Waals surface area contributed by atoms with Gasteiger partial charge < -0.3 is 20.2 Å². The molecule has 0 fully saturated rings. The lowest BCUT2D eigenvalue weighted by molar-refractivity contribution is -0.136. The van der Waals surface area contributed by atoms with Crippen molar-refractivity contribution in [2.24, 2.45) is 0 Å². The predicted molar refractivity (Wildman–Crippen MR) is 149 cm³/mol. The molecule has 38 heavy (non-hydrogen) atoms. The number of aromatic amines is 2. The van der Waals surface area contributed by atoms with Crippen LogP contribution < -0.4 is 16.0 Å². The van der Waals surface area contributed by atoms with Crippen molar-refractivity contribution in [2.45, 2.75) is 51.4 Å². The van der Waals surface area contributed by atoms with Gasteiger partial charge in [0.2, 0.25) is 17.7 Å². The number of likely N-dealkylation sites (N-methyl/N-ethyl adjacent to an activating group) is 2. The summed E-state index contributed by atoms with van der Waals surface area (Å²) in [7, 11) is 3.38. The average molecular weight is 517 g/mol. The van der Waals surface area contributed by atoms with Crippen molar-refractivity contribution in [3.8, 4) is 0 Å². The van der Waals surface area contributed by atoms with Gasteiger partial charge in [0.15, 0.2) is 0 Å². The molecule has 9 heteroatoms. The molecular formula is C29H36N6O3. The van der Waals surface area contributed by atoms with E-state index in [1.165, 1.54) is 6.92 Å². The van der Waals surface area contributed by atoms with Gasteiger partial charge in [0.25, 0.3) is 0 Å². The highest BCUT2D eigenvalue weighted by molar-refractivity contribution is 6.02. The van der Waals surface area contributed by atoms with Crippen LogP contribution in [0.2, 0.25) is 0 Å². The van der Waals surface area contributed by atoms with Crippen molar-refractivity contribution >= 4 is 39.5 Å². The quantitative estimate of drug-likeness (QED) is 0.208. The van der Waals surface area contributed by atoms with E-state index >= 15 is 0 Å². The summed E-state index contributed by atoms with van der Waals surface area (Å²) in [6.07, 6.45) is 4.10. The molecule has 3 amide bonds. The van der Waals surface area contributed by atoms with Gasteiger partial charge in [-0.15, -0.1) is 0 Å². The molecule has 0 radical (unpaired) electrons. The van der Waals surface area contributed by atoms with E-state index in [0.717, 1.165) is 32.9 Å². The van der Waals surface area contributed by atoms with E-state index in [2.05, 4.69) is 25.9 Å². The van der Waals surface area contributed by atoms with Crippen LogP contribution in [0, 0.1) is 0 Å². The maximum atomic E-state index is 13.6. The molecule has 2 aromatic heterocycles. The first kappa shape index (κ1) is 27.1. The summed E-state index contributed by atoms with van der Waals surface area (Å²) in [4.78, 5) is 47.0. The van der Waals surface area contributed by atoms with Crippen LogP contribution in [0.5, 0.6) is 0 Å².